The molecule has 80 valence electrons. The number of nitrogens with one attached hydrogen (secondary N) is 1. The van der Waals surface area contributed by atoms with Gasteiger partial charge in [0.1, 0.15) is 5.78 Å². The number of hydrogen-bond acceptors (Lipinski definition) is 3. The molecule has 0 spiro atoms. The first-order valence-corrected chi connectivity index (χ1v) is 5.10. The highest BCUT2D eigenvalue weighted by atomic mass is 16.2. The number of hydrogen-bond donors (Lipinski definition) is 1. The van der Waals surface area contributed by atoms with Gasteiger partial charge in [0, 0.05) is 7.05 Å². The summed E-state index contributed by atoms with van der Waals surface area (Å²) in [6.07, 6.45) is 3.03. The number of likely N-dealkylation sites (tertiary alicyclic amines) is 1. The van der Waals surface area contributed by atoms with E-state index in [0.29, 0.717) is 6.54 Å². The van der Waals surface area contributed by atoms with Crippen LogP contribution in [0.2, 0.25) is 0 Å². The second kappa shape index (κ2) is 5.10. The topological polar surface area (TPSA) is 49.4 Å². The Bertz CT molecular complexity index is 228. The van der Waals surface area contributed by atoms with Crippen molar-refractivity contribution in [1.82, 2.24) is 10.2 Å². The van der Waals surface area contributed by atoms with Crippen LogP contribution in [-0.4, -0.2) is 42.8 Å². The summed E-state index contributed by atoms with van der Waals surface area (Å²) >= 11 is 0. The van der Waals surface area contributed by atoms with Crippen LogP contribution in [0.25, 0.3) is 0 Å². The number of likely N-dealkylation sites (N-methyl/N-ethyl adjacent to an activating group) is 1. The Morgan fingerprint density at radius 2 is 2.14 bits per heavy atom. The van der Waals surface area contributed by atoms with Crippen molar-refractivity contribution in [3.8, 4) is 0 Å². The molecule has 1 N–H and O–H groups in total. The van der Waals surface area contributed by atoms with E-state index in [4.69, 9.17) is 0 Å². The number of carbonyl (C=O) groups is 2. The van der Waals surface area contributed by atoms with Crippen LogP contribution in [0, 0.1) is 0 Å². The normalized spacial score (nSPS) is 23.1. The Morgan fingerprint density at radius 3 is 2.71 bits per heavy atom. The molecule has 1 heterocycles. The highest BCUT2D eigenvalue weighted by Gasteiger charge is 2.28. The molecule has 1 saturated heterocycles. The fraction of sp³-hybridized carbons (Fsp3) is 0.800. The average Bonchev–Trinajstić information content (AvgIpc) is 2.16. The predicted molar refractivity (Wildman–Crippen MR) is 54.0 cm³/mol. The van der Waals surface area contributed by atoms with Gasteiger partial charge in [-0.2, -0.15) is 0 Å². The molecule has 4 nitrogen and oxygen atoms in total. The molecule has 0 aromatic carbocycles. The van der Waals surface area contributed by atoms with Gasteiger partial charge in [-0.15, -0.1) is 0 Å². The van der Waals surface area contributed by atoms with Crippen LogP contribution in [0.3, 0.4) is 0 Å². The van der Waals surface area contributed by atoms with Gasteiger partial charge in [0.05, 0.1) is 12.6 Å². The Balaban J connectivity index is 2.58. The van der Waals surface area contributed by atoms with E-state index in [9.17, 15) is 9.59 Å². The molecule has 0 bridgehead atoms. The Morgan fingerprint density at radius 1 is 1.43 bits per heavy atom. The summed E-state index contributed by atoms with van der Waals surface area (Å²) in [7, 11) is 1.64. The van der Waals surface area contributed by atoms with Gasteiger partial charge in [0.25, 0.3) is 0 Å². The van der Waals surface area contributed by atoms with Crippen molar-refractivity contribution >= 4 is 11.7 Å². The Labute approximate surface area is 84.7 Å². The van der Waals surface area contributed by atoms with E-state index >= 15 is 0 Å². The zero-order valence-electron chi connectivity index (χ0n) is 8.88. The van der Waals surface area contributed by atoms with Crippen molar-refractivity contribution in [2.45, 2.75) is 32.2 Å². The maximum absolute atomic E-state index is 11.5. The van der Waals surface area contributed by atoms with E-state index in [1.54, 1.807) is 14.0 Å². The molecule has 4 heteroatoms. The molecule has 1 unspecified atom stereocenters. The standard InChI is InChI=1S/C10H18N2O2/c1-8(13)7-12-6-4-3-5-9(12)10(14)11-2/h9H,3-7H2,1-2H3,(H,11,14). The minimum atomic E-state index is -0.0994. The minimum absolute atomic E-state index is 0.0333. The number of carbonyl (C=O) groups excluding carboxylic acids is 2. The molecule has 0 aromatic heterocycles. The number of rotatable bonds is 3. The average molecular weight is 198 g/mol. The Hall–Kier alpha value is -0.900. The molecule has 0 saturated carbocycles. The van der Waals surface area contributed by atoms with Crippen LogP contribution in [-0.2, 0) is 9.59 Å². The largest absolute Gasteiger partial charge is 0.358 e. The van der Waals surface area contributed by atoms with E-state index in [0.717, 1.165) is 25.8 Å². The van der Waals surface area contributed by atoms with Crippen molar-refractivity contribution in [2.75, 3.05) is 20.1 Å². The molecule has 0 aromatic rings. The van der Waals surface area contributed by atoms with E-state index in [1.165, 1.54) is 0 Å². The van der Waals surface area contributed by atoms with Gasteiger partial charge < -0.3 is 5.32 Å². The second-order valence-corrected chi connectivity index (χ2v) is 3.80. The lowest BCUT2D eigenvalue weighted by molar-refractivity contribution is -0.128. The number of amides is 1. The predicted octanol–water partition coefficient (Wildman–Crippen LogP) is 0.176. The zero-order valence-corrected chi connectivity index (χ0v) is 8.88. The van der Waals surface area contributed by atoms with Gasteiger partial charge >= 0.3 is 0 Å². The third-order valence-corrected chi connectivity index (χ3v) is 2.59. The molecule has 0 aliphatic carbocycles. The highest BCUT2D eigenvalue weighted by Crippen LogP contribution is 2.16. The summed E-state index contributed by atoms with van der Waals surface area (Å²) in [6.45, 7) is 2.82. The molecule has 14 heavy (non-hydrogen) atoms. The number of piperidine rings is 1. The van der Waals surface area contributed by atoms with E-state index in [-0.39, 0.29) is 17.7 Å². The lowest BCUT2D eigenvalue weighted by Crippen LogP contribution is -2.50. The van der Waals surface area contributed by atoms with Crippen LogP contribution in [0.15, 0.2) is 0 Å². The van der Waals surface area contributed by atoms with Crippen molar-refractivity contribution in [2.24, 2.45) is 0 Å². The molecule has 1 rings (SSSR count). The van der Waals surface area contributed by atoms with E-state index < -0.39 is 0 Å². The molecule has 0 radical (unpaired) electrons. The first-order valence-electron chi connectivity index (χ1n) is 5.10. The van der Waals surface area contributed by atoms with Gasteiger partial charge in [-0.05, 0) is 26.3 Å². The van der Waals surface area contributed by atoms with Crippen molar-refractivity contribution in [3.05, 3.63) is 0 Å². The SMILES string of the molecule is CNC(=O)C1CCCCN1CC(C)=O. The summed E-state index contributed by atoms with van der Waals surface area (Å²) in [5, 5.41) is 2.65. The lowest BCUT2D eigenvalue weighted by atomic mass is 10.0. The number of ketones is 1. The molecular weight excluding hydrogens is 180 g/mol. The molecule has 1 amide bonds. The van der Waals surface area contributed by atoms with Crippen LogP contribution >= 0.6 is 0 Å². The van der Waals surface area contributed by atoms with Crippen LogP contribution in [0.5, 0.6) is 0 Å². The maximum Gasteiger partial charge on any atom is 0.237 e. The highest BCUT2D eigenvalue weighted by molar-refractivity contribution is 5.83. The second-order valence-electron chi connectivity index (χ2n) is 3.80. The molecule has 1 atom stereocenters. The van der Waals surface area contributed by atoms with Gasteiger partial charge in [0.15, 0.2) is 0 Å². The van der Waals surface area contributed by atoms with Crippen LogP contribution < -0.4 is 5.32 Å². The van der Waals surface area contributed by atoms with E-state index in [2.05, 4.69) is 5.32 Å². The summed E-state index contributed by atoms with van der Waals surface area (Å²) in [4.78, 5) is 24.5. The fourth-order valence-electron chi connectivity index (χ4n) is 1.93. The Kier molecular flexibility index (Phi) is 4.07. The molecule has 1 fully saturated rings. The van der Waals surface area contributed by atoms with Gasteiger partial charge in [0.2, 0.25) is 5.91 Å². The van der Waals surface area contributed by atoms with Crippen LogP contribution in [0.1, 0.15) is 26.2 Å². The van der Waals surface area contributed by atoms with Crippen molar-refractivity contribution in [1.29, 1.82) is 0 Å². The molecule has 1 aliphatic heterocycles. The van der Waals surface area contributed by atoms with Crippen molar-refractivity contribution in [3.63, 3.8) is 0 Å². The van der Waals surface area contributed by atoms with Gasteiger partial charge in [-0.1, -0.05) is 6.42 Å². The van der Waals surface area contributed by atoms with Crippen molar-refractivity contribution < 1.29 is 9.59 Å². The molecule has 1 aliphatic rings. The summed E-state index contributed by atoms with van der Waals surface area (Å²) < 4.78 is 0. The maximum atomic E-state index is 11.5. The number of nitrogens with zero attached hydrogens (tertiary/aromatic N) is 1. The summed E-state index contributed by atoms with van der Waals surface area (Å²) in [5.74, 6) is 0.159. The lowest BCUT2D eigenvalue weighted by Gasteiger charge is -2.33. The quantitative estimate of drug-likeness (QED) is 0.703. The van der Waals surface area contributed by atoms with Crippen LogP contribution in [0.4, 0.5) is 0 Å². The first-order chi connectivity index (χ1) is 6.65. The zero-order chi connectivity index (χ0) is 10.6. The number of Topliss-reactive ketones (excluding diaryl/α,β-unsaturated/α-hetero) is 1. The minimum Gasteiger partial charge on any atom is -0.358 e. The molecular formula is C10H18N2O2. The monoisotopic (exact) mass is 198 g/mol. The summed E-state index contributed by atoms with van der Waals surface area (Å²) in [6, 6.07) is -0.0994. The first kappa shape index (κ1) is 11.2. The summed E-state index contributed by atoms with van der Waals surface area (Å²) in [5.41, 5.74) is 0. The third-order valence-electron chi connectivity index (χ3n) is 2.59. The van der Waals surface area contributed by atoms with Gasteiger partial charge in [-0.25, -0.2) is 0 Å². The van der Waals surface area contributed by atoms with E-state index in [1.807, 2.05) is 4.90 Å². The van der Waals surface area contributed by atoms with Gasteiger partial charge in [-0.3, -0.25) is 14.5 Å². The fourth-order valence-corrected chi connectivity index (χ4v) is 1.93. The third kappa shape index (κ3) is 2.80. The smallest absolute Gasteiger partial charge is 0.237 e.